The van der Waals surface area contributed by atoms with E-state index in [0.717, 1.165) is 17.6 Å². The molecule has 0 spiro atoms. The van der Waals surface area contributed by atoms with Crippen molar-refractivity contribution in [2.45, 2.75) is 31.3 Å². The molecular formula is C22H17ClN2O8S2. The summed E-state index contributed by atoms with van der Waals surface area (Å²) in [4.78, 5) is 44.2. The highest BCUT2D eigenvalue weighted by Gasteiger charge is 2.17. The maximum Gasteiger partial charge on any atom is 0.519 e. The standard InChI is InChI=1S/C22H17ClN2O8S2/c1-11-17(33-22(28)32-11)10-31-19(26)6-4-13-8-14(35(2,29)30)9-16(24-13)21-25-20(27)15-5-3-12(23)7-18(15)34-21/h3,5,7-9H,4,6,10H2,1-2H3. The van der Waals surface area contributed by atoms with Gasteiger partial charge in [-0.1, -0.05) is 11.6 Å². The Morgan fingerprint density at radius 3 is 2.60 bits per heavy atom. The summed E-state index contributed by atoms with van der Waals surface area (Å²) in [6.45, 7) is 1.22. The van der Waals surface area contributed by atoms with E-state index in [0.29, 0.717) is 20.8 Å². The fraction of sp³-hybridized carbons (Fsp3) is 0.227. The molecule has 0 fully saturated rings. The number of pyridine rings is 1. The summed E-state index contributed by atoms with van der Waals surface area (Å²) in [6.07, 6.45) is 0.969. The molecule has 0 aliphatic rings. The quantitative estimate of drug-likeness (QED) is 0.322. The van der Waals surface area contributed by atoms with Crippen LogP contribution in [0.1, 0.15) is 23.6 Å². The van der Waals surface area contributed by atoms with Crippen LogP contribution in [-0.2, 0) is 32.4 Å². The first-order chi connectivity index (χ1) is 16.5. The van der Waals surface area contributed by atoms with Crippen LogP contribution in [0.25, 0.3) is 20.8 Å². The third-order valence-electron chi connectivity index (χ3n) is 4.87. The molecule has 0 radical (unpaired) electrons. The predicted molar refractivity (Wildman–Crippen MR) is 127 cm³/mol. The van der Waals surface area contributed by atoms with Crippen LogP contribution in [-0.4, -0.2) is 30.6 Å². The lowest BCUT2D eigenvalue weighted by molar-refractivity contribution is -0.145. The summed E-state index contributed by atoms with van der Waals surface area (Å²) in [5.74, 6) is -1.21. The molecular weight excluding hydrogens is 520 g/mol. The first kappa shape index (κ1) is 24.8. The second kappa shape index (κ2) is 9.72. The Hall–Kier alpha value is -3.35. The number of ether oxygens (including phenoxy) is 1. The van der Waals surface area contributed by atoms with Crippen molar-refractivity contribution in [1.29, 1.82) is 0 Å². The van der Waals surface area contributed by atoms with E-state index < -0.39 is 27.2 Å². The SMILES string of the molecule is Cc1oc(=O)oc1COC(=O)CCc1cc(S(C)(=O)=O)cc(-c2nc(=O)c3ccc(Cl)cc3s2)n1. The molecule has 0 aliphatic heterocycles. The van der Waals surface area contributed by atoms with Gasteiger partial charge in [-0.25, -0.2) is 13.2 Å². The zero-order chi connectivity index (χ0) is 25.3. The van der Waals surface area contributed by atoms with Crippen molar-refractivity contribution < 1.29 is 26.8 Å². The van der Waals surface area contributed by atoms with Crippen molar-refractivity contribution in [3.05, 3.63) is 73.5 Å². The minimum atomic E-state index is -3.63. The monoisotopic (exact) mass is 536 g/mol. The van der Waals surface area contributed by atoms with Gasteiger partial charge in [-0.2, -0.15) is 4.98 Å². The van der Waals surface area contributed by atoms with Crippen molar-refractivity contribution in [2.75, 3.05) is 6.26 Å². The molecule has 3 heterocycles. The molecule has 13 heteroatoms. The zero-order valence-corrected chi connectivity index (χ0v) is 20.8. The maximum absolute atomic E-state index is 12.5. The molecule has 0 atom stereocenters. The van der Waals surface area contributed by atoms with E-state index in [1.807, 2.05) is 0 Å². The van der Waals surface area contributed by atoms with Gasteiger partial charge < -0.3 is 13.6 Å². The maximum atomic E-state index is 12.5. The minimum Gasteiger partial charge on any atom is -0.457 e. The van der Waals surface area contributed by atoms with Gasteiger partial charge in [0.15, 0.2) is 28.0 Å². The highest BCUT2D eigenvalue weighted by Crippen LogP contribution is 2.28. The number of benzene rings is 1. The Labute approximate surface area is 207 Å². The molecule has 3 aromatic heterocycles. The molecule has 1 aromatic carbocycles. The fourth-order valence-electron chi connectivity index (χ4n) is 3.11. The number of nitrogens with zero attached hydrogens (tertiary/aromatic N) is 2. The summed E-state index contributed by atoms with van der Waals surface area (Å²) in [5, 5.41) is 1.03. The number of carbonyl (C=O) groups excluding carboxylic acids is 1. The molecule has 0 amide bonds. The van der Waals surface area contributed by atoms with Gasteiger partial charge in [0.05, 0.1) is 16.7 Å². The summed E-state index contributed by atoms with van der Waals surface area (Å²) >= 11 is 7.18. The Bertz CT molecular complexity index is 1670. The highest BCUT2D eigenvalue weighted by atomic mass is 35.5. The number of hydrogen-bond donors (Lipinski definition) is 0. The summed E-state index contributed by atoms with van der Waals surface area (Å²) in [7, 11) is -3.63. The third kappa shape index (κ3) is 5.84. The van der Waals surface area contributed by atoms with Crippen LogP contribution in [0.4, 0.5) is 0 Å². The first-order valence-electron chi connectivity index (χ1n) is 10.1. The smallest absolute Gasteiger partial charge is 0.457 e. The van der Waals surface area contributed by atoms with Crippen molar-refractivity contribution in [1.82, 2.24) is 9.97 Å². The number of halogens is 1. The van der Waals surface area contributed by atoms with E-state index >= 15 is 0 Å². The lowest BCUT2D eigenvalue weighted by atomic mass is 10.2. The van der Waals surface area contributed by atoms with Crippen LogP contribution in [0.3, 0.4) is 0 Å². The zero-order valence-electron chi connectivity index (χ0n) is 18.4. The van der Waals surface area contributed by atoms with E-state index in [2.05, 4.69) is 9.97 Å². The van der Waals surface area contributed by atoms with Crippen LogP contribution in [0, 0.1) is 6.92 Å². The minimum absolute atomic E-state index is 0.0331. The van der Waals surface area contributed by atoms with Gasteiger partial charge in [-0.3, -0.25) is 14.6 Å². The second-order valence-corrected chi connectivity index (χ2v) is 11.0. The molecule has 0 N–H and O–H groups in total. The van der Waals surface area contributed by atoms with Gasteiger partial charge in [-0.15, -0.1) is 11.3 Å². The Morgan fingerprint density at radius 2 is 1.91 bits per heavy atom. The molecule has 0 aliphatic carbocycles. The molecule has 0 saturated heterocycles. The summed E-state index contributed by atoms with van der Waals surface area (Å²) < 4.78 is 39.7. The van der Waals surface area contributed by atoms with E-state index in [9.17, 15) is 22.8 Å². The first-order valence-corrected chi connectivity index (χ1v) is 13.1. The van der Waals surface area contributed by atoms with Gasteiger partial charge in [0.1, 0.15) is 10.7 Å². The van der Waals surface area contributed by atoms with Crippen molar-refractivity contribution in [2.24, 2.45) is 0 Å². The van der Waals surface area contributed by atoms with Gasteiger partial charge >= 0.3 is 11.8 Å². The lowest BCUT2D eigenvalue weighted by Gasteiger charge is -2.08. The topological polar surface area (TPSA) is 147 Å². The largest absolute Gasteiger partial charge is 0.519 e. The average molecular weight is 537 g/mol. The van der Waals surface area contributed by atoms with Crippen LogP contribution in [0.15, 0.2) is 53.7 Å². The van der Waals surface area contributed by atoms with Gasteiger partial charge in [-0.05, 0) is 37.3 Å². The van der Waals surface area contributed by atoms with Gasteiger partial charge in [0, 0.05) is 28.1 Å². The molecule has 0 saturated carbocycles. The molecule has 10 nitrogen and oxygen atoms in total. The van der Waals surface area contributed by atoms with Crippen LogP contribution >= 0.6 is 22.9 Å². The Morgan fingerprint density at radius 1 is 1.14 bits per heavy atom. The third-order valence-corrected chi connectivity index (χ3v) is 7.25. The van der Waals surface area contributed by atoms with Crippen molar-refractivity contribution in [3.8, 4) is 10.7 Å². The van der Waals surface area contributed by atoms with Crippen LogP contribution in [0.2, 0.25) is 5.02 Å². The predicted octanol–water partition coefficient (Wildman–Crippen LogP) is 3.31. The van der Waals surface area contributed by atoms with Gasteiger partial charge in [0.2, 0.25) is 0 Å². The lowest BCUT2D eigenvalue weighted by Crippen LogP contribution is -2.09. The van der Waals surface area contributed by atoms with E-state index in [1.165, 1.54) is 19.1 Å². The molecule has 182 valence electrons. The molecule has 35 heavy (non-hydrogen) atoms. The van der Waals surface area contributed by atoms with Gasteiger partial charge in [0.25, 0.3) is 5.56 Å². The van der Waals surface area contributed by atoms with Crippen LogP contribution in [0.5, 0.6) is 0 Å². The average Bonchev–Trinajstić information content (AvgIpc) is 3.11. The van der Waals surface area contributed by atoms with E-state index in [-0.39, 0.29) is 46.6 Å². The highest BCUT2D eigenvalue weighted by molar-refractivity contribution is 7.90. The van der Waals surface area contributed by atoms with Crippen molar-refractivity contribution >= 4 is 48.8 Å². The Kier molecular flexibility index (Phi) is 6.88. The molecule has 4 rings (SSSR count). The number of aryl methyl sites for hydroxylation is 2. The molecule has 0 bridgehead atoms. The second-order valence-electron chi connectivity index (χ2n) is 7.51. The van der Waals surface area contributed by atoms with Crippen molar-refractivity contribution in [3.63, 3.8) is 0 Å². The summed E-state index contributed by atoms with van der Waals surface area (Å²) in [6, 6.07) is 7.46. The number of aromatic nitrogens is 2. The summed E-state index contributed by atoms with van der Waals surface area (Å²) in [5.41, 5.74) is -0.0297. The number of rotatable bonds is 7. The number of esters is 1. The molecule has 4 aromatic rings. The molecule has 0 unspecified atom stereocenters. The number of fused-ring (bicyclic) bond motifs is 1. The normalized spacial score (nSPS) is 11.6. The number of carbonyl (C=O) groups is 1. The number of hydrogen-bond acceptors (Lipinski definition) is 11. The fourth-order valence-corrected chi connectivity index (χ4v) is 5.02. The van der Waals surface area contributed by atoms with E-state index in [1.54, 1.807) is 18.2 Å². The van der Waals surface area contributed by atoms with E-state index in [4.69, 9.17) is 25.2 Å². The van der Waals surface area contributed by atoms with Crippen LogP contribution < -0.4 is 11.4 Å². The Balaban J connectivity index is 1.61. The number of sulfone groups is 1.